The van der Waals surface area contributed by atoms with Gasteiger partial charge in [0.1, 0.15) is 0 Å². The number of aromatic hydroxyl groups is 2. The lowest BCUT2D eigenvalue weighted by Gasteiger charge is -2.16. The minimum Gasteiger partial charge on any atom is -0.504 e. The smallest absolute Gasteiger partial charge is 0.339 e. The molecule has 5 nitrogen and oxygen atoms in total. The molecular formula is C12H16O5. The van der Waals surface area contributed by atoms with Crippen LogP contribution >= 0.6 is 0 Å². The van der Waals surface area contributed by atoms with Gasteiger partial charge in [-0.3, -0.25) is 0 Å². The highest BCUT2D eigenvalue weighted by Gasteiger charge is 2.23. The van der Waals surface area contributed by atoms with Gasteiger partial charge in [0, 0.05) is 6.61 Å². The monoisotopic (exact) mass is 240 g/mol. The van der Waals surface area contributed by atoms with Gasteiger partial charge in [-0.25, -0.2) is 4.79 Å². The normalized spacial score (nSPS) is 12.1. The lowest BCUT2D eigenvalue weighted by atomic mass is 10.1. The molecule has 0 saturated carbocycles. The summed E-state index contributed by atoms with van der Waals surface area (Å²) in [6.45, 7) is 4.05. The topological polar surface area (TPSA) is 76.0 Å². The van der Waals surface area contributed by atoms with Gasteiger partial charge < -0.3 is 19.7 Å². The maximum atomic E-state index is 11.6. The number of phenolic OH excluding ortho intramolecular Hbond substituents is 2. The molecule has 0 bridgehead atoms. The Kier molecular flexibility index (Phi) is 4.78. The molecule has 0 aliphatic heterocycles. The van der Waals surface area contributed by atoms with Crippen molar-refractivity contribution in [3.05, 3.63) is 23.8 Å². The number of benzene rings is 1. The third-order valence-corrected chi connectivity index (χ3v) is 2.14. The van der Waals surface area contributed by atoms with Crippen molar-refractivity contribution < 1.29 is 24.5 Å². The van der Waals surface area contributed by atoms with E-state index in [1.54, 1.807) is 13.8 Å². The SMILES string of the molecule is CCOC(=O)[C@H](OCC)c1ccc(O)c(O)c1. The van der Waals surface area contributed by atoms with Gasteiger partial charge in [-0.2, -0.15) is 0 Å². The molecule has 1 atom stereocenters. The highest BCUT2D eigenvalue weighted by molar-refractivity contribution is 5.76. The molecule has 1 aromatic carbocycles. The first-order valence-corrected chi connectivity index (χ1v) is 5.40. The summed E-state index contributed by atoms with van der Waals surface area (Å²) in [5.41, 5.74) is 0.445. The van der Waals surface area contributed by atoms with Crippen LogP contribution in [0.5, 0.6) is 11.5 Å². The van der Waals surface area contributed by atoms with Crippen LogP contribution < -0.4 is 0 Å². The second-order valence-corrected chi connectivity index (χ2v) is 3.34. The molecule has 1 aromatic rings. The molecule has 0 radical (unpaired) electrons. The van der Waals surface area contributed by atoms with Crippen LogP contribution in [-0.2, 0) is 14.3 Å². The van der Waals surface area contributed by atoms with E-state index in [4.69, 9.17) is 9.47 Å². The number of ether oxygens (including phenoxy) is 2. The van der Waals surface area contributed by atoms with Gasteiger partial charge in [0.15, 0.2) is 17.6 Å². The Labute approximate surface area is 99.6 Å². The standard InChI is InChI=1S/C12H16O5/c1-3-16-11(12(15)17-4-2)8-5-6-9(13)10(14)7-8/h5-7,11,13-14H,3-4H2,1-2H3/t11-/m1/s1. The number of carbonyl (C=O) groups is 1. The predicted molar refractivity (Wildman–Crippen MR) is 60.8 cm³/mol. The summed E-state index contributed by atoms with van der Waals surface area (Å²) in [4.78, 5) is 11.6. The molecule has 17 heavy (non-hydrogen) atoms. The van der Waals surface area contributed by atoms with Crippen LogP contribution in [0, 0.1) is 0 Å². The highest BCUT2D eigenvalue weighted by atomic mass is 16.6. The van der Waals surface area contributed by atoms with Crippen molar-refractivity contribution in [3.8, 4) is 11.5 Å². The molecule has 0 spiro atoms. The van der Waals surface area contributed by atoms with Gasteiger partial charge in [-0.1, -0.05) is 6.07 Å². The molecule has 0 heterocycles. The number of hydrogen-bond acceptors (Lipinski definition) is 5. The maximum Gasteiger partial charge on any atom is 0.339 e. The highest BCUT2D eigenvalue weighted by Crippen LogP contribution is 2.29. The molecule has 0 amide bonds. The van der Waals surface area contributed by atoms with E-state index in [2.05, 4.69) is 0 Å². The zero-order chi connectivity index (χ0) is 12.8. The second-order valence-electron chi connectivity index (χ2n) is 3.34. The summed E-state index contributed by atoms with van der Waals surface area (Å²) in [5, 5.41) is 18.6. The maximum absolute atomic E-state index is 11.6. The van der Waals surface area contributed by atoms with E-state index in [9.17, 15) is 15.0 Å². The number of hydrogen-bond donors (Lipinski definition) is 2. The van der Waals surface area contributed by atoms with Gasteiger partial charge in [-0.15, -0.1) is 0 Å². The van der Waals surface area contributed by atoms with Crippen molar-refractivity contribution in [1.82, 2.24) is 0 Å². The molecule has 94 valence electrons. The van der Waals surface area contributed by atoms with E-state index in [0.717, 1.165) is 0 Å². The minimum atomic E-state index is -0.883. The van der Waals surface area contributed by atoms with Gasteiger partial charge >= 0.3 is 5.97 Å². The van der Waals surface area contributed by atoms with Crippen molar-refractivity contribution in [1.29, 1.82) is 0 Å². The molecule has 0 fully saturated rings. The molecule has 0 aliphatic rings. The van der Waals surface area contributed by atoms with E-state index < -0.39 is 12.1 Å². The van der Waals surface area contributed by atoms with Gasteiger partial charge in [0.25, 0.3) is 0 Å². The second kappa shape index (κ2) is 6.10. The first-order chi connectivity index (χ1) is 8.10. The fourth-order valence-electron chi connectivity index (χ4n) is 1.39. The van der Waals surface area contributed by atoms with Crippen molar-refractivity contribution in [2.24, 2.45) is 0 Å². The molecule has 1 rings (SSSR count). The van der Waals surface area contributed by atoms with Gasteiger partial charge in [0.05, 0.1) is 6.61 Å². The van der Waals surface area contributed by atoms with Gasteiger partial charge in [0.2, 0.25) is 0 Å². The molecule has 0 saturated heterocycles. The van der Waals surface area contributed by atoms with E-state index in [1.165, 1.54) is 18.2 Å². The van der Waals surface area contributed by atoms with Crippen molar-refractivity contribution in [2.45, 2.75) is 20.0 Å². The molecule has 2 N–H and O–H groups in total. The predicted octanol–water partition coefficient (Wildman–Crippen LogP) is 1.74. The van der Waals surface area contributed by atoms with Crippen LogP contribution in [-0.4, -0.2) is 29.4 Å². The summed E-state index contributed by atoms with van der Waals surface area (Å²) in [6, 6.07) is 4.09. The Balaban J connectivity index is 2.96. The van der Waals surface area contributed by atoms with Crippen molar-refractivity contribution in [3.63, 3.8) is 0 Å². The zero-order valence-electron chi connectivity index (χ0n) is 9.84. The Morgan fingerprint density at radius 3 is 2.47 bits per heavy atom. The number of esters is 1. The first-order valence-electron chi connectivity index (χ1n) is 5.40. The molecule has 0 aromatic heterocycles. The van der Waals surface area contributed by atoms with Crippen LogP contribution in [0.15, 0.2) is 18.2 Å². The third-order valence-electron chi connectivity index (χ3n) is 2.14. The summed E-state index contributed by atoms with van der Waals surface area (Å²) >= 11 is 0. The average Bonchev–Trinajstić information content (AvgIpc) is 2.30. The van der Waals surface area contributed by atoms with E-state index >= 15 is 0 Å². The average molecular weight is 240 g/mol. The fraction of sp³-hybridized carbons (Fsp3) is 0.417. The van der Waals surface area contributed by atoms with Gasteiger partial charge in [-0.05, 0) is 31.5 Å². The van der Waals surface area contributed by atoms with Crippen LogP contribution in [0.1, 0.15) is 25.5 Å². The van der Waals surface area contributed by atoms with E-state index in [-0.39, 0.29) is 18.1 Å². The molecule has 0 aliphatic carbocycles. The first kappa shape index (κ1) is 13.3. The van der Waals surface area contributed by atoms with Crippen LogP contribution in [0.4, 0.5) is 0 Å². The van der Waals surface area contributed by atoms with Crippen LogP contribution in [0.2, 0.25) is 0 Å². The minimum absolute atomic E-state index is 0.243. The Morgan fingerprint density at radius 1 is 1.24 bits per heavy atom. The van der Waals surface area contributed by atoms with E-state index in [0.29, 0.717) is 12.2 Å². The zero-order valence-corrected chi connectivity index (χ0v) is 9.84. The molecule has 0 unspecified atom stereocenters. The Morgan fingerprint density at radius 2 is 1.94 bits per heavy atom. The van der Waals surface area contributed by atoms with Crippen molar-refractivity contribution in [2.75, 3.05) is 13.2 Å². The van der Waals surface area contributed by atoms with E-state index in [1.807, 2.05) is 0 Å². The Hall–Kier alpha value is -1.75. The quantitative estimate of drug-likeness (QED) is 0.605. The number of phenols is 2. The van der Waals surface area contributed by atoms with Crippen LogP contribution in [0.25, 0.3) is 0 Å². The summed E-state index contributed by atoms with van der Waals surface area (Å²) in [5.74, 6) is -1.05. The van der Waals surface area contributed by atoms with Crippen molar-refractivity contribution >= 4 is 5.97 Å². The fourth-order valence-corrected chi connectivity index (χ4v) is 1.39. The third kappa shape index (κ3) is 3.35. The largest absolute Gasteiger partial charge is 0.504 e. The molecular weight excluding hydrogens is 224 g/mol. The Bertz CT molecular complexity index is 388. The van der Waals surface area contributed by atoms with Crippen LogP contribution in [0.3, 0.4) is 0 Å². The lowest BCUT2D eigenvalue weighted by molar-refractivity contribution is -0.157. The summed E-state index contributed by atoms with van der Waals surface area (Å²) in [6.07, 6.45) is -0.883. The summed E-state index contributed by atoms with van der Waals surface area (Å²) < 4.78 is 10.1. The molecule has 5 heteroatoms. The lowest BCUT2D eigenvalue weighted by Crippen LogP contribution is -2.19. The number of carbonyl (C=O) groups excluding carboxylic acids is 1. The number of rotatable bonds is 5. The summed E-state index contributed by atoms with van der Waals surface area (Å²) in [7, 11) is 0.